The lowest BCUT2D eigenvalue weighted by Crippen LogP contribution is -2.42. The summed E-state index contributed by atoms with van der Waals surface area (Å²) in [5, 5.41) is 11.2. The van der Waals surface area contributed by atoms with Crippen molar-refractivity contribution >= 4 is 44.8 Å². The van der Waals surface area contributed by atoms with Gasteiger partial charge in [0.25, 0.3) is 27.5 Å². The van der Waals surface area contributed by atoms with Crippen LogP contribution in [0.3, 0.4) is 0 Å². The Labute approximate surface area is 193 Å². The average Bonchev–Trinajstić information content (AvgIpc) is 2.78. The van der Waals surface area contributed by atoms with Crippen LogP contribution in [0.2, 0.25) is 5.02 Å². The molecule has 3 N–H and O–H groups in total. The van der Waals surface area contributed by atoms with Crippen LogP contribution in [0.1, 0.15) is 26.3 Å². The molecule has 10 nitrogen and oxygen atoms in total. The van der Waals surface area contributed by atoms with E-state index in [1.54, 1.807) is 12.1 Å². The van der Waals surface area contributed by atoms with Gasteiger partial charge in [0.2, 0.25) is 0 Å². The van der Waals surface area contributed by atoms with Crippen molar-refractivity contribution in [3.63, 3.8) is 0 Å². The molecule has 0 aromatic heterocycles. The lowest BCUT2D eigenvalue weighted by atomic mass is 10.1. The quantitative estimate of drug-likeness (QED) is 0.357. The van der Waals surface area contributed by atoms with Gasteiger partial charge in [-0.15, -0.1) is 0 Å². The molecule has 12 heteroatoms. The Morgan fingerprint density at radius 1 is 0.939 bits per heavy atom. The lowest BCUT2D eigenvalue weighted by Gasteiger charge is -2.12. The second-order valence-electron chi connectivity index (χ2n) is 6.73. The maximum Gasteiger partial charge on any atom is 0.273 e. The first-order valence-corrected chi connectivity index (χ1v) is 11.2. The molecule has 0 aliphatic carbocycles. The van der Waals surface area contributed by atoms with Crippen LogP contribution in [0.5, 0.6) is 0 Å². The Morgan fingerprint density at radius 3 is 2.30 bits per heavy atom. The number of anilines is 1. The fourth-order valence-corrected chi connectivity index (χ4v) is 4.24. The van der Waals surface area contributed by atoms with Crippen molar-refractivity contribution in [1.82, 2.24) is 10.9 Å². The summed E-state index contributed by atoms with van der Waals surface area (Å²) in [5.41, 5.74) is 4.36. The molecule has 170 valence electrons. The van der Waals surface area contributed by atoms with Crippen LogP contribution in [0.15, 0.2) is 71.6 Å². The van der Waals surface area contributed by atoms with Crippen LogP contribution in [0.4, 0.5) is 11.4 Å². The average molecular weight is 489 g/mol. The van der Waals surface area contributed by atoms with Gasteiger partial charge in [-0.25, -0.2) is 8.42 Å². The zero-order valence-corrected chi connectivity index (χ0v) is 18.6. The number of rotatable bonds is 6. The summed E-state index contributed by atoms with van der Waals surface area (Å²) in [5.74, 6) is -1.56. The van der Waals surface area contributed by atoms with Crippen molar-refractivity contribution in [2.45, 2.75) is 11.8 Å². The van der Waals surface area contributed by atoms with Gasteiger partial charge in [-0.3, -0.25) is 35.3 Å². The van der Waals surface area contributed by atoms with E-state index < -0.39 is 26.8 Å². The van der Waals surface area contributed by atoms with Gasteiger partial charge >= 0.3 is 0 Å². The molecule has 0 saturated heterocycles. The predicted molar refractivity (Wildman–Crippen MR) is 121 cm³/mol. The van der Waals surface area contributed by atoms with Crippen LogP contribution in [0.25, 0.3) is 0 Å². The number of hydrogen-bond acceptors (Lipinski definition) is 6. The maximum absolute atomic E-state index is 12.7. The Hall–Kier alpha value is -3.96. The molecule has 3 rings (SSSR count). The minimum absolute atomic E-state index is 0.00442. The topological polar surface area (TPSA) is 148 Å². The lowest BCUT2D eigenvalue weighted by molar-refractivity contribution is -0.385. The summed E-state index contributed by atoms with van der Waals surface area (Å²) < 4.78 is 27.7. The second kappa shape index (κ2) is 9.67. The van der Waals surface area contributed by atoms with E-state index in [0.717, 1.165) is 6.07 Å². The van der Waals surface area contributed by atoms with Crippen molar-refractivity contribution in [2.24, 2.45) is 0 Å². The van der Waals surface area contributed by atoms with E-state index in [1.807, 2.05) is 0 Å². The molecule has 3 aromatic rings. The predicted octanol–water partition coefficient (Wildman–Crippen LogP) is 3.43. The highest BCUT2D eigenvalue weighted by atomic mass is 35.5. The number of nitro groups is 1. The Bertz CT molecular complexity index is 1360. The maximum atomic E-state index is 12.7. The normalized spacial score (nSPS) is 10.8. The number of hydrazine groups is 1. The van der Waals surface area contributed by atoms with Gasteiger partial charge in [0.15, 0.2) is 0 Å². The number of carbonyl (C=O) groups excluding carboxylic acids is 2. The standard InChI is InChI=1S/C21H17ClN4O6S/c1-13-16(8-5-11-19(13)26(29)30)21(28)24-23-20(27)14-6-4-7-15(12-14)33(31,32)25-18-10-3-2-9-17(18)22/h2-12,25H,1H3,(H,23,27)(H,24,28). The molecule has 0 heterocycles. The van der Waals surface area contributed by atoms with Crippen molar-refractivity contribution in [2.75, 3.05) is 4.72 Å². The minimum atomic E-state index is -4.05. The summed E-state index contributed by atoms with van der Waals surface area (Å²) in [6, 6.07) is 15.4. The van der Waals surface area contributed by atoms with Gasteiger partial charge in [-0.1, -0.05) is 35.9 Å². The molecule has 0 radical (unpaired) electrons. The smallest absolute Gasteiger partial charge is 0.273 e. The highest BCUT2D eigenvalue weighted by molar-refractivity contribution is 7.92. The Balaban J connectivity index is 1.74. The summed E-state index contributed by atoms with van der Waals surface area (Å²) in [6.07, 6.45) is 0. The van der Waals surface area contributed by atoms with E-state index >= 15 is 0 Å². The number of nitrogens with one attached hydrogen (secondary N) is 3. The monoisotopic (exact) mass is 488 g/mol. The van der Waals surface area contributed by atoms with Gasteiger partial charge in [0.1, 0.15) is 0 Å². The molecular weight excluding hydrogens is 472 g/mol. The molecule has 0 aliphatic heterocycles. The fraction of sp³-hybridized carbons (Fsp3) is 0.0476. The van der Waals surface area contributed by atoms with Crippen molar-refractivity contribution in [3.8, 4) is 0 Å². The molecule has 0 saturated carbocycles. The second-order valence-corrected chi connectivity index (χ2v) is 8.82. The number of carbonyl (C=O) groups is 2. The van der Waals surface area contributed by atoms with Crippen LogP contribution in [-0.2, 0) is 10.0 Å². The first-order valence-electron chi connectivity index (χ1n) is 9.32. The van der Waals surface area contributed by atoms with Crippen LogP contribution < -0.4 is 15.6 Å². The molecule has 0 spiro atoms. The molecular formula is C21H17ClN4O6S. The van der Waals surface area contributed by atoms with E-state index in [-0.39, 0.29) is 38.0 Å². The number of nitrogens with zero attached hydrogens (tertiary/aromatic N) is 1. The first-order chi connectivity index (χ1) is 15.6. The first kappa shape index (κ1) is 23.7. The van der Waals surface area contributed by atoms with Gasteiger partial charge in [-0.05, 0) is 43.3 Å². The summed E-state index contributed by atoms with van der Waals surface area (Å²) >= 11 is 5.99. The molecule has 33 heavy (non-hydrogen) atoms. The molecule has 2 amide bonds. The number of para-hydroxylation sites is 1. The molecule has 0 aliphatic rings. The largest absolute Gasteiger partial charge is 0.278 e. The number of halogens is 1. The number of nitro benzene ring substituents is 1. The minimum Gasteiger partial charge on any atom is -0.278 e. The summed E-state index contributed by atoms with van der Waals surface area (Å²) in [7, 11) is -4.05. The van der Waals surface area contributed by atoms with Gasteiger partial charge in [-0.2, -0.15) is 0 Å². The summed E-state index contributed by atoms with van der Waals surface area (Å²) in [4.78, 5) is 35.1. The van der Waals surface area contributed by atoms with Gasteiger partial charge in [0, 0.05) is 17.2 Å². The van der Waals surface area contributed by atoms with Crippen LogP contribution in [0, 0.1) is 17.0 Å². The van der Waals surface area contributed by atoms with Crippen molar-refractivity contribution in [1.29, 1.82) is 0 Å². The van der Waals surface area contributed by atoms with E-state index in [4.69, 9.17) is 11.6 Å². The zero-order chi connectivity index (χ0) is 24.2. The molecule has 0 atom stereocenters. The Kier molecular flexibility index (Phi) is 6.95. The van der Waals surface area contributed by atoms with E-state index in [2.05, 4.69) is 15.6 Å². The highest BCUT2D eigenvalue weighted by Gasteiger charge is 2.20. The van der Waals surface area contributed by atoms with Crippen LogP contribution in [-0.4, -0.2) is 25.2 Å². The van der Waals surface area contributed by atoms with Gasteiger partial charge in [0.05, 0.1) is 26.1 Å². The third-order valence-corrected chi connectivity index (χ3v) is 6.25. The third-order valence-electron chi connectivity index (χ3n) is 4.56. The summed E-state index contributed by atoms with van der Waals surface area (Å²) in [6.45, 7) is 1.41. The zero-order valence-electron chi connectivity index (χ0n) is 17.0. The molecule has 0 unspecified atom stereocenters. The SMILES string of the molecule is Cc1c(C(=O)NNC(=O)c2cccc(S(=O)(=O)Nc3ccccc3Cl)c2)cccc1[N+](=O)[O-]. The van der Waals surface area contributed by atoms with E-state index in [0.29, 0.717) is 0 Å². The van der Waals surface area contributed by atoms with Crippen molar-refractivity contribution < 1.29 is 22.9 Å². The third kappa shape index (κ3) is 5.45. The van der Waals surface area contributed by atoms with Crippen molar-refractivity contribution in [3.05, 3.63) is 98.6 Å². The molecule has 0 fully saturated rings. The molecule has 3 aromatic carbocycles. The fourth-order valence-electron chi connectivity index (χ4n) is 2.87. The molecule has 0 bridgehead atoms. The number of benzene rings is 3. The van der Waals surface area contributed by atoms with E-state index in [1.165, 1.54) is 55.5 Å². The number of hydrogen-bond donors (Lipinski definition) is 3. The number of amides is 2. The van der Waals surface area contributed by atoms with Crippen LogP contribution >= 0.6 is 11.6 Å². The number of sulfonamides is 1. The van der Waals surface area contributed by atoms with E-state index in [9.17, 15) is 28.1 Å². The Morgan fingerprint density at radius 2 is 1.61 bits per heavy atom. The highest BCUT2D eigenvalue weighted by Crippen LogP contribution is 2.24. The van der Waals surface area contributed by atoms with Gasteiger partial charge < -0.3 is 0 Å².